The van der Waals surface area contributed by atoms with Gasteiger partial charge in [0.05, 0.1) is 12.2 Å². The van der Waals surface area contributed by atoms with Gasteiger partial charge in [0, 0.05) is 6.54 Å². The van der Waals surface area contributed by atoms with Crippen LogP contribution in [-0.4, -0.2) is 32.4 Å². The minimum Gasteiger partial charge on any atom is -0.491 e. The topological polar surface area (TPSA) is 30.5 Å². The van der Waals surface area contributed by atoms with E-state index in [0.29, 0.717) is 12.7 Å². The molecule has 1 aromatic rings. The SMILES string of the molecule is CNCC1CCC(COc2ccc(C(C)(C)C)cc2C)O1. The van der Waals surface area contributed by atoms with Gasteiger partial charge in [-0.1, -0.05) is 32.9 Å². The summed E-state index contributed by atoms with van der Waals surface area (Å²) >= 11 is 0. The molecule has 1 aliphatic rings. The zero-order valence-corrected chi connectivity index (χ0v) is 14.0. The van der Waals surface area contributed by atoms with Crippen LogP contribution in [0.15, 0.2) is 18.2 Å². The lowest BCUT2D eigenvalue weighted by atomic mass is 9.86. The third kappa shape index (κ3) is 4.45. The van der Waals surface area contributed by atoms with Crippen LogP contribution < -0.4 is 10.1 Å². The summed E-state index contributed by atoms with van der Waals surface area (Å²) in [7, 11) is 1.97. The predicted molar refractivity (Wildman–Crippen MR) is 87.2 cm³/mol. The molecule has 0 spiro atoms. The van der Waals surface area contributed by atoms with Crippen molar-refractivity contribution in [1.29, 1.82) is 0 Å². The van der Waals surface area contributed by atoms with E-state index in [1.54, 1.807) is 0 Å². The zero-order chi connectivity index (χ0) is 15.5. The Hall–Kier alpha value is -1.06. The molecule has 1 saturated heterocycles. The summed E-state index contributed by atoms with van der Waals surface area (Å²) in [6, 6.07) is 6.49. The monoisotopic (exact) mass is 291 g/mol. The Labute approximate surface area is 129 Å². The van der Waals surface area contributed by atoms with Crippen molar-refractivity contribution in [3.63, 3.8) is 0 Å². The molecule has 0 aliphatic carbocycles. The number of rotatable bonds is 5. The molecule has 2 unspecified atom stereocenters. The lowest BCUT2D eigenvalue weighted by Gasteiger charge is -2.21. The molecule has 118 valence electrons. The number of likely N-dealkylation sites (N-methyl/N-ethyl adjacent to an activating group) is 1. The Morgan fingerprint density at radius 2 is 1.95 bits per heavy atom. The molecule has 1 heterocycles. The maximum atomic E-state index is 5.97. The number of benzene rings is 1. The smallest absolute Gasteiger partial charge is 0.122 e. The number of hydrogen-bond donors (Lipinski definition) is 1. The molecule has 0 bridgehead atoms. The number of ether oxygens (including phenoxy) is 2. The van der Waals surface area contributed by atoms with Crippen molar-refractivity contribution in [2.75, 3.05) is 20.2 Å². The molecule has 0 aromatic heterocycles. The first-order chi connectivity index (χ1) is 9.90. The Morgan fingerprint density at radius 3 is 2.57 bits per heavy atom. The summed E-state index contributed by atoms with van der Waals surface area (Å²) in [6.45, 7) is 10.4. The van der Waals surface area contributed by atoms with Crippen molar-refractivity contribution in [1.82, 2.24) is 5.32 Å². The molecule has 1 aliphatic heterocycles. The molecular weight excluding hydrogens is 262 g/mol. The molecule has 1 N–H and O–H groups in total. The van der Waals surface area contributed by atoms with Crippen LogP contribution in [0.3, 0.4) is 0 Å². The van der Waals surface area contributed by atoms with Gasteiger partial charge in [-0.05, 0) is 49.4 Å². The summed E-state index contributed by atoms with van der Waals surface area (Å²) in [5.74, 6) is 0.976. The average Bonchev–Trinajstić information content (AvgIpc) is 2.84. The predicted octanol–water partition coefficient (Wildman–Crippen LogP) is 3.44. The molecule has 1 aromatic carbocycles. The molecule has 2 rings (SSSR count). The highest BCUT2D eigenvalue weighted by Gasteiger charge is 2.25. The van der Waals surface area contributed by atoms with Crippen molar-refractivity contribution in [3.05, 3.63) is 29.3 Å². The fourth-order valence-corrected chi connectivity index (χ4v) is 2.74. The lowest BCUT2D eigenvalue weighted by Crippen LogP contribution is -2.26. The minimum absolute atomic E-state index is 0.179. The van der Waals surface area contributed by atoms with Gasteiger partial charge >= 0.3 is 0 Å². The highest BCUT2D eigenvalue weighted by Crippen LogP contribution is 2.28. The Morgan fingerprint density at radius 1 is 1.24 bits per heavy atom. The van der Waals surface area contributed by atoms with Crippen molar-refractivity contribution >= 4 is 0 Å². The van der Waals surface area contributed by atoms with E-state index in [1.165, 1.54) is 11.1 Å². The largest absolute Gasteiger partial charge is 0.491 e. The van der Waals surface area contributed by atoms with Gasteiger partial charge in [-0.2, -0.15) is 0 Å². The second kappa shape index (κ2) is 6.80. The summed E-state index contributed by atoms with van der Waals surface area (Å²) < 4.78 is 11.9. The van der Waals surface area contributed by atoms with Gasteiger partial charge in [-0.25, -0.2) is 0 Å². The van der Waals surface area contributed by atoms with Crippen LogP contribution >= 0.6 is 0 Å². The van der Waals surface area contributed by atoms with E-state index >= 15 is 0 Å². The number of nitrogens with one attached hydrogen (secondary N) is 1. The molecular formula is C18H29NO2. The summed E-state index contributed by atoms with van der Waals surface area (Å²) in [4.78, 5) is 0. The van der Waals surface area contributed by atoms with Gasteiger partial charge in [0.2, 0.25) is 0 Å². The first-order valence-electron chi connectivity index (χ1n) is 7.94. The highest BCUT2D eigenvalue weighted by molar-refractivity contribution is 5.38. The Kier molecular flexibility index (Phi) is 5.28. The quantitative estimate of drug-likeness (QED) is 0.901. The van der Waals surface area contributed by atoms with Crippen LogP contribution in [0.4, 0.5) is 0 Å². The molecule has 1 fully saturated rings. The van der Waals surface area contributed by atoms with Crippen LogP contribution in [0.25, 0.3) is 0 Å². The molecule has 0 saturated carbocycles. The van der Waals surface area contributed by atoms with Crippen LogP contribution in [0, 0.1) is 6.92 Å². The van der Waals surface area contributed by atoms with Crippen LogP contribution in [0.1, 0.15) is 44.7 Å². The van der Waals surface area contributed by atoms with Crippen molar-refractivity contribution < 1.29 is 9.47 Å². The molecule has 21 heavy (non-hydrogen) atoms. The van der Waals surface area contributed by atoms with Crippen LogP contribution in [0.5, 0.6) is 5.75 Å². The number of hydrogen-bond acceptors (Lipinski definition) is 3. The fraction of sp³-hybridized carbons (Fsp3) is 0.667. The van der Waals surface area contributed by atoms with Crippen LogP contribution in [-0.2, 0) is 10.2 Å². The molecule has 0 radical (unpaired) electrons. The lowest BCUT2D eigenvalue weighted by molar-refractivity contribution is 0.0192. The second-order valence-electron chi connectivity index (χ2n) is 7.06. The molecule has 3 heteroatoms. The summed E-state index contributed by atoms with van der Waals surface area (Å²) in [5, 5.41) is 3.17. The Bertz CT molecular complexity index is 465. The second-order valence-corrected chi connectivity index (χ2v) is 7.06. The third-order valence-corrected chi connectivity index (χ3v) is 4.09. The normalized spacial score (nSPS) is 22.5. The van der Waals surface area contributed by atoms with Gasteiger partial charge in [0.25, 0.3) is 0 Å². The Balaban J connectivity index is 1.89. The molecule has 0 amide bonds. The summed E-state index contributed by atoms with van der Waals surface area (Å²) in [6.07, 6.45) is 2.78. The summed E-state index contributed by atoms with van der Waals surface area (Å²) in [5.41, 5.74) is 2.73. The average molecular weight is 291 g/mol. The minimum atomic E-state index is 0.179. The van der Waals surface area contributed by atoms with Crippen molar-refractivity contribution in [2.45, 2.75) is 58.2 Å². The third-order valence-electron chi connectivity index (χ3n) is 4.09. The van der Waals surface area contributed by atoms with Crippen molar-refractivity contribution in [3.8, 4) is 5.75 Å². The van der Waals surface area contributed by atoms with Gasteiger partial charge in [-0.3, -0.25) is 0 Å². The van der Waals surface area contributed by atoms with E-state index in [4.69, 9.17) is 9.47 Å². The van der Waals surface area contributed by atoms with Gasteiger partial charge in [-0.15, -0.1) is 0 Å². The number of aryl methyl sites for hydroxylation is 1. The van der Waals surface area contributed by atoms with E-state index in [-0.39, 0.29) is 11.5 Å². The standard InChI is InChI=1S/C18H29NO2/c1-13-10-14(18(2,3)4)6-9-17(13)20-12-16-8-7-15(21-16)11-19-5/h6,9-10,15-16,19H,7-8,11-12H2,1-5H3. The first kappa shape index (κ1) is 16.3. The maximum absolute atomic E-state index is 5.97. The van der Waals surface area contributed by atoms with Gasteiger partial charge in [0.15, 0.2) is 0 Å². The molecule has 3 nitrogen and oxygen atoms in total. The maximum Gasteiger partial charge on any atom is 0.122 e. The van der Waals surface area contributed by atoms with E-state index in [0.717, 1.165) is 25.1 Å². The fourth-order valence-electron chi connectivity index (χ4n) is 2.74. The van der Waals surface area contributed by atoms with Crippen LogP contribution in [0.2, 0.25) is 0 Å². The van der Waals surface area contributed by atoms with Crippen molar-refractivity contribution in [2.24, 2.45) is 0 Å². The van der Waals surface area contributed by atoms with Gasteiger partial charge < -0.3 is 14.8 Å². The highest BCUT2D eigenvalue weighted by atomic mass is 16.5. The van der Waals surface area contributed by atoms with Gasteiger partial charge in [0.1, 0.15) is 12.4 Å². The van der Waals surface area contributed by atoms with E-state index < -0.39 is 0 Å². The zero-order valence-electron chi connectivity index (χ0n) is 14.0. The first-order valence-corrected chi connectivity index (χ1v) is 7.94. The van der Waals surface area contributed by atoms with E-state index in [1.807, 2.05) is 7.05 Å². The van der Waals surface area contributed by atoms with E-state index in [2.05, 4.69) is 51.2 Å². The molecule has 2 atom stereocenters. The van der Waals surface area contributed by atoms with E-state index in [9.17, 15) is 0 Å².